The number of benzene rings is 2. The Labute approximate surface area is 130 Å². The van der Waals surface area contributed by atoms with Crippen LogP contribution in [0.4, 0.5) is 4.39 Å². The highest BCUT2D eigenvalue weighted by Gasteiger charge is 2.02. The molecule has 0 unspecified atom stereocenters. The van der Waals surface area contributed by atoms with Crippen LogP contribution in [-0.2, 0) is 17.8 Å². The van der Waals surface area contributed by atoms with Crippen molar-refractivity contribution in [1.82, 2.24) is 5.32 Å². The molecule has 0 saturated carbocycles. The molecular formula is C18H20FNO2. The Morgan fingerprint density at radius 1 is 1.05 bits per heavy atom. The lowest BCUT2D eigenvalue weighted by Gasteiger charge is -2.08. The quantitative estimate of drug-likeness (QED) is 0.850. The van der Waals surface area contributed by atoms with Gasteiger partial charge in [0.1, 0.15) is 11.6 Å². The minimum Gasteiger partial charge on any atom is -0.493 e. The molecule has 4 heteroatoms. The minimum absolute atomic E-state index is 0.0884. The fourth-order valence-electron chi connectivity index (χ4n) is 1.97. The Balaban J connectivity index is 1.67. The Bertz CT molecular complexity index is 593. The number of hydrogen-bond donors (Lipinski definition) is 1. The van der Waals surface area contributed by atoms with E-state index in [9.17, 15) is 9.18 Å². The molecule has 3 nitrogen and oxygen atoms in total. The predicted molar refractivity (Wildman–Crippen MR) is 84.2 cm³/mol. The molecule has 2 aromatic carbocycles. The van der Waals surface area contributed by atoms with E-state index in [2.05, 4.69) is 12.2 Å². The van der Waals surface area contributed by atoms with E-state index in [0.29, 0.717) is 13.2 Å². The number of aryl methyl sites for hydroxylation is 1. The van der Waals surface area contributed by atoms with Crippen LogP contribution in [0.15, 0.2) is 48.5 Å². The highest BCUT2D eigenvalue weighted by molar-refractivity contribution is 5.75. The highest BCUT2D eigenvalue weighted by Crippen LogP contribution is 2.12. The van der Waals surface area contributed by atoms with Crippen molar-refractivity contribution in [3.05, 3.63) is 65.5 Å². The first-order valence-electron chi connectivity index (χ1n) is 7.40. The first kappa shape index (κ1) is 16.0. The molecule has 0 radical (unpaired) electrons. The van der Waals surface area contributed by atoms with Crippen LogP contribution in [0, 0.1) is 5.82 Å². The number of carbonyl (C=O) groups is 1. The molecule has 1 amide bonds. The van der Waals surface area contributed by atoms with Gasteiger partial charge in [0.25, 0.3) is 0 Å². The van der Waals surface area contributed by atoms with Crippen molar-refractivity contribution in [2.75, 3.05) is 6.61 Å². The summed E-state index contributed by atoms with van der Waals surface area (Å²) in [5.41, 5.74) is 2.12. The lowest BCUT2D eigenvalue weighted by molar-refractivity contribution is -0.121. The summed E-state index contributed by atoms with van der Waals surface area (Å²) in [6.07, 6.45) is 1.28. The molecule has 2 rings (SSSR count). The average Bonchev–Trinajstić information content (AvgIpc) is 2.55. The van der Waals surface area contributed by atoms with Crippen molar-refractivity contribution in [1.29, 1.82) is 0 Å². The number of carbonyl (C=O) groups excluding carboxylic acids is 1. The normalized spacial score (nSPS) is 10.3. The molecule has 0 saturated heterocycles. The van der Waals surface area contributed by atoms with Crippen molar-refractivity contribution in [3.8, 4) is 5.75 Å². The topological polar surface area (TPSA) is 38.3 Å². The largest absolute Gasteiger partial charge is 0.493 e. The Hall–Kier alpha value is -2.36. The molecule has 0 bridgehead atoms. The standard InChI is InChI=1S/C18H20FNO2/c1-2-14-5-9-17(10-6-14)22-12-11-18(21)20-13-15-3-7-16(19)8-4-15/h3-10H,2,11-13H2,1H3,(H,20,21). The third-order valence-corrected chi connectivity index (χ3v) is 3.33. The van der Waals surface area contributed by atoms with Crippen LogP contribution in [0.25, 0.3) is 0 Å². The molecule has 116 valence electrons. The molecule has 0 heterocycles. The van der Waals surface area contributed by atoms with Gasteiger partial charge in [-0.05, 0) is 41.8 Å². The molecule has 0 aliphatic rings. The molecule has 1 N–H and O–H groups in total. The third-order valence-electron chi connectivity index (χ3n) is 3.33. The first-order chi connectivity index (χ1) is 10.7. The second kappa shape index (κ2) is 8.17. The fraction of sp³-hybridized carbons (Fsp3) is 0.278. The Morgan fingerprint density at radius 3 is 2.32 bits per heavy atom. The molecule has 0 fully saturated rings. The summed E-state index contributed by atoms with van der Waals surface area (Å²) in [4.78, 5) is 11.7. The van der Waals surface area contributed by atoms with Crippen LogP contribution in [0.2, 0.25) is 0 Å². The zero-order valence-corrected chi connectivity index (χ0v) is 12.6. The number of nitrogens with one attached hydrogen (secondary N) is 1. The molecule has 0 aromatic heterocycles. The smallest absolute Gasteiger partial charge is 0.223 e. The Kier molecular flexibility index (Phi) is 5.95. The highest BCUT2D eigenvalue weighted by atomic mass is 19.1. The fourth-order valence-corrected chi connectivity index (χ4v) is 1.97. The summed E-state index contributed by atoms with van der Waals surface area (Å²) in [5.74, 6) is 0.399. The molecular weight excluding hydrogens is 281 g/mol. The molecule has 2 aromatic rings. The van der Waals surface area contributed by atoms with E-state index in [1.807, 2.05) is 24.3 Å². The van der Waals surface area contributed by atoms with Gasteiger partial charge < -0.3 is 10.1 Å². The second-order valence-corrected chi connectivity index (χ2v) is 5.00. The lowest BCUT2D eigenvalue weighted by atomic mass is 10.2. The number of hydrogen-bond acceptors (Lipinski definition) is 2. The Morgan fingerprint density at radius 2 is 1.68 bits per heavy atom. The van der Waals surface area contributed by atoms with Gasteiger partial charge in [-0.3, -0.25) is 4.79 Å². The maximum absolute atomic E-state index is 12.8. The summed E-state index contributed by atoms with van der Waals surface area (Å²) in [5, 5.41) is 2.78. The van der Waals surface area contributed by atoms with E-state index in [4.69, 9.17) is 4.74 Å². The van der Waals surface area contributed by atoms with Gasteiger partial charge in [-0.25, -0.2) is 4.39 Å². The van der Waals surface area contributed by atoms with Crippen LogP contribution in [0.3, 0.4) is 0 Å². The van der Waals surface area contributed by atoms with E-state index in [0.717, 1.165) is 17.7 Å². The summed E-state index contributed by atoms with van der Waals surface area (Å²) < 4.78 is 18.3. The van der Waals surface area contributed by atoms with E-state index in [1.165, 1.54) is 17.7 Å². The lowest BCUT2D eigenvalue weighted by Crippen LogP contribution is -2.24. The molecule has 0 atom stereocenters. The molecule has 0 aliphatic carbocycles. The van der Waals surface area contributed by atoms with Crippen molar-refractivity contribution < 1.29 is 13.9 Å². The van der Waals surface area contributed by atoms with Gasteiger partial charge in [0.2, 0.25) is 5.91 Å². The zero-order chi connectivity index (χ0) is 15.8. The predicted octanol–water partition coefficient (Wildman–Crippen LogP) is 3.47. The van der Waals surface area contributed by atoms with Gasteiger partial charge in [-0.2, -0.15) is 0 Å². The van der Waals surface area contributed by atoms with Gasteiger partial charge in [-0.15, -0.1) is 0 Å². The van der Waals surface area contributed by atoms with Crippen molar-refractivity contribution >= 4 is 5.91 Å². The van der Waals surface area contributed by atoms with Gasteiger partial charge in [-0.1, -0.05) is 31.2 Å². The molecule has 0 spiro atoms. The average molecular weight is 301 g/mol. The van der Waals surface area contributed by atoms with Crippen LogP contribution < -0.4 is 10.1 Å². The SMILES string of the molecule is CCc1ccc(OCCC(=O)NCc2ccc(F)cc2)cc1. The van der Waals surface area contributed by atoms with Crippen LogP contribution in [0.5, 0.6) is 5.75 Å². The van der Waals surface area contributed by atoms with Crippen LogP contribution in [0.1, 0.15) is 24.5 Å². The van der Waals surface area contributed by atoms with E-state index in [-0.39, 0.29) is 18.1 Å². The molecule has 22 heavy (non-hydrogen) atoms. The van der Waals surface area contributed by atoms with Gasteiger partial charge in [0.15, 0.2) is 0 Å². The second-order valence-electron chi connectivity index (χ2n) is 5.00. The first-order valence-corrected chi connectivity index (χ1v) is 7.40. The number of rotatable bonds is 7. The summed E-state index contributed by atoms with van der Waals surface area (Å²) in [7, 11) is 0. The summed E-state index contributed by atoms with van der Waals surface area (Å²) in [6, 6.07) is 13.9. The van der Waals surface area contributed by atoms with Crippen molar-refractivity contribution in [2.24, 2.45) is 0 Å². The summed E-state index contributed by atoms with van der Waals surface area (Å²) in [6.45, 7) is 2.83. The van der Waals surface area contributed by atoms with Crippen molar-refractivity contribution in [3.63, 3.8) is 0 Å². The zero-order valence-electron chi connectivity index (χ0n) is 12.6. The minimum atomic E-state index is -0.280. The van der Waals surface area contributed by atoms with Crippen LogP contribution in [-0.4, -0.2) is 12.5 Å². The maximum atomic E-state index is 12.8. The third kappa shape index (κ3) is 5.20. The van der Waals surface area contributed by atoms with E-state index in [1.54, 1.807) is 12.1 Å². The van der Waals surface area contributed by atoms with Gasteiger partial charge >= 0.3 is 0 Å². The maximum Gasteiger partial charge on any atom is 0.223 e. The van der Waals surface area contributed by atoms with Crippen LogP contribution >= 0.6 is 0 Å². The monoisotopic (exact) mass is 301 g/mol. The van der Waals surface area contributed by atoms with Crippen molar-refractivity contribution in [2.45, 2.75) is 26.3 Å². The number of ether oxygens (including phenoxy) is 1. The number of halogens is 1. The van der Waals surface area contributed by atoms with Gasteiger partial charge in [0.05, 0.1) is 13.0 Å². The molecule has 0 aliphatic heterocycles. The number of amides is 1. The summed E-state index contributed by atoms with van der Waals surface area (Å²) >= 11 is 0. The van der Waals surface area contributed by atoms with E-state index < -0.39 is 0 Å². The van der Waals surface area contributed by atoms with E-state index >= 15 is 0 Å². The van der Waals surface area contributed by atoms with Gasteiger partial charge in [0, 0.05) is 6.54 Å².